The summed E-state index contributed by atoms with van der Waals surface area (Å²) in [5.41, 5.74) is -0.417. The summed E-state index contributed by atoms with van der Waals surface area (Å²) in [5.74, 6) is 0. The van der Waals surface area contributed by atoms with Crippen LogP contribution in [0.2, 0.25) is 0 Å². The number of aliphatic hydroxyl groups excluding tert-OH is 2. The third-order valence-electron chi connectivity index (χ3n) is 5.65. The molecule has 0 aliphatic carbocycles. The Morgan fingerprint density at radius 1 is 0.800 bits per heavy atom. The summed E-state index contributed by atoms with van der Waals surface area (Å²) in [6, 6.07) is 6.92. The minimum atomic E-state index is -0.842. The van der Waals surface area contributed by atoms with Crippen molar-refractivity contribution in [3.05, 3.63) is 45.1 Å². The molecule has 0 unspecified atom stereocenters. The average molecular weight is 421 g/mol. The molecule has 168 valence electrons. The molecule has 0 amide bonds. The van der Waals surface area contributed by atoms with Gasteiger partial charge < -0.3 is 20.0 Å². The molecule has 2 N–H and O–H groups in total. The minimum Gasteiger partial charge on any atom is -0.390 e. The lowest BCUT2D eigenvalue weighted by Gasteiger charge is -2.24. The molecular formula is C22H36N4O4. The molecule has 1 aromatic carbocycles. The highest BCUT2D eigenvalue weighted by molar-refractivity contribution is 5.77. The van der Waals surface area contributed by atoms with Crippen LogP contribution in [0.4, 0.5) is 0 Å². The van der Waals surface area contributed by atoms with Gasteiger partial charge in [0.2, 0.25) is 0 Å². The molecule has 2 atom stereocenters. The first kappa shape index (κ1) is 24.3. The number of hydrogen-bond donors (Lipinski definition) is 2. The van der Waals surface area contributed by atoms with Crippen molar-refractivity contribution in [2.24, 2.45) is 0 Å². The number of aromatic nitrogens is 2. The summed E-state index contributed by atoms with van der Waals surface area (Å²) in [5, 5.41) is 21.5. The van der Waals surface area contributed by atoms with Crippen LogP contribution in [0.5, 0.6) is 0 Å². The van der Waals surface area contributed by atoms with Crippen LogP contribution in [0.3, 0.4) is 0 Å². The van der Waals surface area contributed by atoms with E-state index in [0.29, 0.717) is 24.0 Å². The summed E-state index contributed by atoms with van der Waals surface area (Å²) >= 11 is 0. The quantitative estimate of drug-likeness (QED) is 0.522. The number of aliphatic hydroxyl groups is 2. The van der Waals surface area contributed by atoms with Crippen molar-refractivity contribution >= 4 is 10.9 Å². The SMILES string of the molecule is CCN(CC)C[C@@H](O)Cn1c(=O)c2ccccc2n(C[C@@H](O)CN(CC)CC)c1=O. The zero-order valence-corrected chi connectivity index (χ0v) is 18.6. The molecule has 0 fully saturated rings. The fourth-order valence-corrected chi connectivity index (χ4v) is 3.80. The van der Waals surface area contributed by atoms with Crippen LogP contribution in [0.1, 0.15) is 27.7 Å². The van der Waals surface area contributed by atoms with Gasteiger partial charge in [-0.3, -0.25) is 13.9 Å². The van der Waals surface area contributed by atoms with Gasteiger partial charge in [0.25, 0.3) is 5.56 Å². The highest BCUT2D eigenvalue weighted by Gasteiger charge is 2.19. The second-order valence-electron chi connectivity index (χ2n) is 7.61. The molecule has 2 rings (SSSR count). The lowest BCUT2D eigenvalue weighted by molar-refractivity contribution is 0.0958. The van der Waals surface area contributed by atoms with E-state index in [4.69, 9.17) is 0 Å². The molecule has 0 aliphatic heterocycles. The predicted molar refractivity (Wildman–Crippen MR) is 120 cm³/mol. The number of fused-ring (bicyclic) bond motifs is 1. The molecule has 0 radical (unpaired) electrons. The van der Waals surface area contributed by atoms with Crippen LogP contribution < -0.4 is 11.2 Å². The maximum absolute atomic E-state index is 13.2. The van der Waals surface area contributed by atoms with E-state index in [1.165, 1.54) is 4.57 Å². The van der Waals surface area contributed by atoms with Crippen LogP contribution in [0, 0.1) is 0 Å². The summed E-state index contributed by atoms with van der Waals surface area (Å²) in [6.45, 7) is 12.1. The molecule has 0 aliphatic rings. The maximum Gasteiger partial charge on any atom is 0.331 e. The third kappa shape index (κ3) is 5.78. The summed E-state index contributed by atoms with van der Waals surface area (Å²) in [7, 11) is 0. The average Bonchev–Trinajstić information content (AvgIpc) is 2.76. The van der Waals surface area contributed by atoms with Gasteiger partial charge in [-0.15, -0.1) is 0 Å². The van der Waals surface area contributed by atoms with E-state index in [0.717, 1.165) is 30.7 Å². The monoisotopic (exact) mass is 420 g/mol. The van der Waals surface area contributed by atoms with Crippen molar-refractivity contribution < 1.29 is 10.2 Å². The lowest BCUT2D eigenvalue weighted by Crippen LogP contribution is -2.46. The second kappa shape index (κ2) is 11.4. The number of rotatable bonds is 12. The van der Waals surface area contributed by atoms with Gasteiger partial charge >= 0.3 is 5.69 Å². The van der Waals surface area contributed by atoms with Crippen molar-refractivity contribution in [1.29, 1.82) is 0 Å². The topological polar surface area (TPSA) is 90.9 Å². The summed E-state index contributed by atoms with van der Waals surface area (Å²) in [6.07, 6.45) is -1.59. The molecule has 1 aromatic heterocycles. The van der Waals surface area contributed by atoms with Crippen molar-refractivity contribution in [3.63, 3.8) is 0 Å². The largest absolute Gasteiger partial charge is 0.390 e. The van der Waals surface area contributed by atoms with E-state index in [9.17, 15) is 19.8 Å². The van der Waals surface area contributed by atoms with Gasteiger partial charge in [0.15, 0.2) is 0 Å². The number of nitrogens with zero attached hydrogens (tertiary/aromatic N) is 4. The standard InChI is InChI=1S/C22H36N4O4/c1-5-23(6-2)13-17(27)15-25-20-12-10-9-11-19(20)21(29)26(22(25)30)16-18(28)14-24(7-3)8-4/h9-12,17-18,27-28H,5-8,13-16H2,1-4H3/t17-,18+/m0/s1. The molecule has 8 heteroatoms. The number of para-hydroxylation sites is 1. The fraction of sp³-hybridized carbons (Fsp3) is 0.636. The van der Waals surface area contributed by atoms with Gasteiger partial charge in [-0.05, 0) is 38.3 Å². The van der Waals surface area contributed by atoms with E-state index < -0.39 is 23.5 Å². The van der Waals surface area contributed by atoms with E-state index in [1.807, 2.05) is 32.6 Å². The maximum atomic E-state index is 13.2. The molecule has 30 heavy (non-hydrogen) atoms. The Balaban J connectivity index is 2.42. The van der Waals surface area contributed by atoms with Gasteiger partial charge in [-0.1, -0.05) is 39.8 Å². The van der Waals surface area contributed by atoms with Gasteiger partial charge in [-0.25, -0.2) is 4.79 Å². The Bertz CT molecular complexity index is 915. The Kier molecular flexibility index (Phi) is 9.23. The third-order valence-corrected chi connectivity index (χ3v) is 5.65. The van der Waals surface area contributed by atoms with Crippen molar-refractivity contribution in [2.45, 2.75) is 53.0 Å². The lowest BCUT2D eigenvalue weighted by atomic mass is 10.2. The molecule has 0 saturated carbocycles. The first-order valence-electron chi connectivity index (χ1n) is 10.9. The Labute approximate surface area is 178 Å². The number of hydrogen-bond acceptors (Lipinski definition) is 6. The fourth-order valence-electron chi connectivity index (χ4n) is 3.80. The molecule has 2 aromatic rings. The Morgan fingerprint density at radius 2 is 1.27 bits per heavy atom. The van der Waals surface area contributed by atoms with E-state index in [1.54, 1.807) is 24.3 Å². The number of benzene rings is 1. The zero-order valence-electron chi connectivity index (χ0n) is 18.6. The molecular weight excluding hydrogens is 384 g/mol. The Hall–Kier alpha value is -2.00. The highest BCUT2D eigenvalue weighted by atomic mass is 16.3. The van der Waals surface area contributed by atoms with E-state index >= 15 is 0 Å². The molecule has 0 bridgehead atoms. The zero-order chi connectivity index (χ0) is 22.3. The van der Waals surface area contributed by atoms with Gasteiger partial charge in [0, 0.05) is 13.1 Å². The molecule has 8 nitrogen and oxygen atoms in total. The molecule has 1 heterocycles. The van der Waals surface area contributed by atoms with E-state index in [2.05, 4.69) is 4.90 Å². The summed E-state index contributed by atoms with van der Waals surface area (Å²) in [4.78, 5) is 30.3. The molecule has 0 spiro atoms. The van der Waals surface area contributed by atoms with Crippen molar-refractivity contribution in [2.75, 3.05) is 39.3 Å². The van der Waals surface area contributed by atoms with Gasteiger partial charge in [0.05, 0.1) is 36.2 Å². The van der Waals surface area contributed by atoms with Crippen LogP contribution in [-0.2, 0) is 13.1 Å². The van der Waals surface area contributed by atoms with Crippen molar-refractivity contribution in [3.8, 4) is 0 Å². The normalized spacial score (nSPS) is 14.0. The van der Waals surface area contributed by atoms with Crippen LogP contribution in [0.15, 0.2) is 33.9 Å². The Morgan fingerprint density at radius 3 is 1.77 bits per heavy atom. The highest BCUT2D eigenvalue weighted by Crippen LogP contribution is 2.09. The number of likely N-dealkylation sites (N-methyl/N-ethyl adjacent to an activating group) is 2. The van der Waals surface area contributed by atoms with E-state index in [-0.39, 0.29) is 13.1 Å². The second-order valence-corrected chi connectivity index (χ2v) is 7.61. The summed E-state index contributed by atoms with van der Waals surface area (Å²) < 4.78 is 2.55. The van der Waals surface area contributed by atoms with Crippen LogP contribution >= 0.6 is 0 Å². The molecule has 0 saturated heterocycles. The first-order chi connectivity index (χ1) is 14.4. The van der Waals surface area contributed by atoms with Gasteiger partial charge in [-0.2, -0.15) is 0 Å². The van der Waals surface area contributed by atoms with Crippen LogP contribution in [-0.4, -0.2) is 80.6 Å². The smallest absolute Gasteiger partial charge is 0.331 e. The van der Waals surface area contributed by atoms with Gasteiger partial charge in [0.1, 0.15) is 0 Å². The van der Waals surface area contributed by atoms with Crippen molar-refractivity contribution in [1.82, 2.24) is 18.9 Å². The first-order valence-corrected chi connectivity index (χ1v) is 10.9. The van der Waals surface area contributed by atoms with Crippen LogP contribution in [0.25, 0.3) is 10.9 Å². The predicted octanol–water partition coefficient (Wildman–Crippen LogP) is 0.569. The minimum absolute atomic E-state index is 0.0782.